The second-order valence-corrected chi connectivity index (χ2v) is 6.76. The van der Waals surface area contributed by atoms with Crippen molar-refractivity contribution in [2.75, 3.05) is 27.1 Å². The summed E-state index contributed by atoms with van der Waals surface area (Å²) >= 11 is 1.93. The van der Waals surface area contributed by atoms with Crippen LogP contribution in [0.25, 0.3) is 0 Å². The van der Waals surface area contributed by atoms with Gasteiger partial charge in [-0.1, -0.05) is 18.2 Å². The molecule has 0 saturated carbocycles. The molecule has 5 heteroatoms. The van der Waals surface area contributed by atoms with Gasteiger partial charge in [-0.3, -0.25) is 0 Å². The van der Waals surface area contributed by atoms with Gasteiger partial charge in [-0.15, -0.1) is 11.8 Å². The molecule has 1 N–H and O–H groups in total. The maximum atomic E-state index is 5.54. The average molecular weight is 345 g/mol. The summed E-state index contributed by atoms with van der Waals surface area (Å²) in [6.45, 7) is 0.681. The highest BCUT2D eigenvalue weighted by Crippen LogP contribution is 2.38. The Bertz CT molecular complexity index is 680. The lowest BCUT2D eigenvalue weighted by Gasteiger charge is -2.26. The Labute approximate surface area is 147 Å². The van der Waals surface area contributed by atoms with Crippen LogP contribution in [0.1, 0.15) is 23.6 Å². The van der Waals surface area contributed by atoms with Crippen molar-refractivity contribution < 1.29 is 14.2 Å². The van der Waals surface area contributed by atoms with E-state index in [1.165, 1.54) is 10.5 Å². The zero-order valence-electron chi connectivity index (χ0n) is 14.3. The van der Waals surface area contributed by atoms with Crippen molar-refractivity contribution in [1.82, 2.24) is 5.32 Å². The summed E-state index contributed by atoms with van der Waals surface area (Å²) in [6.07, 6.45) is 1.11. The first-order valence-electron chi connectivity index (χ1n) is 8.00. The molecule has 0 bridgehead atoms. The lowest BCUT2D eigenvalue weighted by Crippen LogP contribution is -2.24. The molecule has 0 radical (unpaired) electrons. The highest BCUT2D eigenvalue weighted by Gasteiger charge is 2.21. The fourth-order valence-electron chi connectivity index (χ4n) is 3.03. The minimum atomic E-state index is 0.346. The third-order valence-electron chi connectivity index (χ3n) is 4.30. The Balaban J connectivity index is 1.82. The second kappa shape index (κ2) is 7.81. The standard InChI is InChI=1S/C19H23NO3S/c1-21-13-10-17(22-2)15(18(11-13)23-3)12-20-16-8-9-24-19-7-5-4-6-14(16)19/h4-7,10-11,16,20H,8-9,12H2,1-3H3. The van der Waals surface area contributed by atoms with Gasteiger partial charge in [0.25, 0.3) is 0 Å². The largest absolute Gasteiger partial charge is 0.496 e. The van der Waals surface area contributed by atoms with Crippen LogP contribution in [0.2, 0.25) is 0 Å². The lowest BCUT2D eigenvalue weighted by molar-refractivity contribution is 0.364. The molecule has 3 rings (SSSR count). The van der Waals surface area contributed by atoms with Crippen LogP contribution in [0, 0.1) is 0 Å². The molecule has 1 unspecified atom stereocenters. The summed E-state index contributed by atoms with van der Waals surface area (Å²) in [5.74, 6) is 3.41. The number of rotatable bonds is 6. The third-order valence-corrected chi connectivity index (χ3v) is 5.42. The van der Waals surface area contributed by atoms with Crippen molar-refractivity contribution >= 4 is 11.8 Å². The van der Waals surface area contributed by atoms with E-state index in [0.717, 1.165) is 35.0 Å². The number of fused-ring (bicyclic) bond motifs is 1. The van der Waals surface area contributed by atoms with Crippen LogP contribution in [-0.4, -0.2) is 27.1 Å². The van der Waals surface area contributed by atoms with Gasteiger partial charge in [0, 0.05) is 29.6 Å². The molecular formula is C19H23NO3S. The Morgan fingerprint density at radius 1 is 1.04 bits per heavy atom. The number of ether oxygens (including phenoxy) is 3. The van der Waals surface area contributed by atoms with E-state index in [4.69, 9.17) is 14.2 Å². The average Bonchev–Trinajstić information content (AvgIpc) is 2.65. The van der Waals surface area contributed by atoms with Gasteiger partial charge < -0.3 is 19.5 Å². The molecule has 0 saturated heterocycles. The van der Waals surface area contributed by atoms with E-state index >= 15 is 0 Å². The predicted octanol–water partition coefficient (Wildman–Crippen LogP) is 4.04. The Hall–Kier alpha value is -1.85. The maximum absolute atomic E-state index is 5.54. The molecule has 1 aliphatic rings. The predicted molar refractivity (Wildman–Crippen MR) is 97.5 cm³/mol. The van der Waals surface area contributed by atoms with Crippen molar-refractivity contribution in [2.24, 2.45) is 0 Å². The summed E-state index contributed by atoms with van der Waals surface area (Å²) in [7, 11) is 4.98. The minimum absolute atomic E-state index is 0.346. The SMILES string of the molecule is COc1cc(OC)c(CNC2CCSc3ccccc32)c(OC)c1. The highest BCUT2D eigenvalue weighted by molar-refractivity contribution is 7.99. The normalized spacial score (nSPS) is 16.4. The zero-order valence-corrected chi connectivity index (χ0v) is 15.1. The van der Waals surface area contributed by atoms with Gasteiger partial charge in [0.05, 0.1) is 26.9 Å². The summed E-state index contributed by atoms with van der Waals surface area (Å²) in [6, 6.07) is 12.7. The topological polar surface area (TPSA) is 39.7 Å². The van der Waals surface area contributed by atoms with Crippen molar-refractivity contribution in [3.8, 4) is 17.2 Å². The Morgan fingerprint density at radius 2 is 1.75 bits per heavy atom. The van der Waals surface area contributed by atoms with Crippen molar-refractivity contribution in [1.29, 1.82) is 0 Å². The van der Waals surface area contributed by atoms with Gasteiger partial charge in [0.2, 0.25) is 0 Å². The zero-order chi connectivity index (χ0) is 16.9. The molecule has 4 nitrogen and oxygen atoms in total. The van der Waals surface area contributed by atoms with Crippen molar-refractivity contribution in [3.05, 3.63) is 47.5 Å². The third kappa shape index (κ3) is 3.47. The van der Waals surface area contributed by atoms with Crippen LogP contribution >= 0.6 is 11.8 Å². The van der Waals surface area contributed by atoms with Gasteiger partial charge in [-0.2, -0.15) is 0 Å². The highest BCUT2D eigenvalue weighted by atomic mass is 32.2. The van der Waals surface area contributed by atoms with Gasteiger partial charge in [-0.25, -0.2) is 0 Å². The van der Waals surface area contributed by atoms with Crippen molar-refractivity contribution in [2.45, 2.75) is 23.9 Å². The van der Waals surface area contributed by atoms with Crippen LogP contribution < -0.4 is 19.5 Å². The monoisotopic (exact) mass is 345 g/mol. The van der Waals surface area contributed by atoms with Gasteiger partial charge in [0.15, 0.2) is 0 Å². The molecule has 1 atom stereocenters. The molecule has 2 aromatic rings. The Kier molecular flexibility index (Phi) is 5.53. The van der Waals surface area contributed by atoms with Crippen LogP contribution in [0.3, 0.4) is 0 Å². The van der Waals surface area contributed by atoms with Crippen LogP contribution in [0.4, 0.5) is 0 Å². The number of benzene rings is 2. The number of nitrogens with one attached hydrogen (secondary N) is 1. The molecule has 0 aromatic heterocycles. The molecule has 0 aliphatic carbocycles. The number of thioether (sulfide) groups is 1. The molecule has 2 aromatic carbocycles. The smallest absolute Gasteiger partial charge is 0.130 e. The van der Waals surface area contributed by atoms with E-state index in [9.17, 15) is 0 Å². The van der Waals surface area contributed by atoms with Gasteiger partial charge in [0.1, 0.15) is 17.2 Å². The van der Waals surface area contributed by atoms with E-state index in [1.807, 2.05) is 23.9 Å². The molecule has 0 fully saturated rings. The second-order valence-electron chi connectivity index (χ2n) is 5.62. The first-order chi connectivity index (χ1) is 11.8. The minimum Gasteiger partial charge on any atom is -0.496 e. The van der Waals surface area contributed by atoms with E-state index in [1.54, 1.807) is 21.3 Å². The molecule has 1 aliphatic heterocycles. The molecule has 128 valence electrons. The van der Waals surface area contributed by atoms with Crippen LogP contribution in [0.5, 0.6) is 17.2 Å². The fraction of sp³-hybridized carbons (Fsp3) is 0.368. The van der Waals surface area contributed by atoms with E-state index in [-0.39, 0.29) is 0 Å². The van der Waals surface area contributed by atoms with Gasteiger partial charge in [-0.05, 0) is 23.8 Å². The molecule has 1 heterocycles. The maximum Gasteiger partial charge on any atom is 0.130 e. The fourth-order valence-corrected chi connectivity index (χ4v) is 4.16. The molecule has 0 spiro atoms. The summed E-state index contributed by atoms with van der Waals surface area (Å²) < 4.78 is 16.4. The van der Waals surface area contributed by atoms with E-state index in [0.29, 0.717) is 12.6 Å². The van der Waals surface area contributed by atoms with Crippen molar-refractivity contribution in [3.63, 3.8) is 0 Å². The summed E-state index contributed by atoms with van der Waals surface area (Å²) in [5.41, 5.74) is 2.39. The molecular weight excluding hydrogens is 322 g/mol. The molecule has 24 heavy (non-hydrogen) atoms. The number of methoxy groups -OCH3 is 3. The summed E-state index contributed by atoms with van der Waals surface area (Å²) in [5, 5.41) is 3.67. The lowest BCUT2D eigenvalue weighted by atomic mass is 10.0. The van der Waals surface area contributed by atoms with Crippen LogP contribution in [0.15, 0.2) is 41.3 Å². The summed E-state index contributed by atoms with van der Waals surface area (Å²) in [4.78, 5) is 1.37. The van der Waals surface area contributed by atoms with E-state index < -0.39 is 0 Å². The van der Waals surface area contributed by atoms with Gasteiger partial charge >= 0.3 is 0 Å². The molecule has 0 amide bonds. The quantitative estimate of drug-likeness (QED) is 0.855. The van der Waals surface area contributed by atoms with E-state index in [2.05, 4.69) is 29.6 Å². The number of hydrogen-bond donors (Lipinski definition) is 1. The first-order valence-corrected chi connectivity index (χ1v) is 8.99. The van der Waals surface area contributed by atoms with Crippen LogP contribution in [-0.2, 0) is 6.54 Å². The Morgan fingerprint density at radius 3 is 2.42 bits per heavy atom. The first kappa shape index (κ1) is 17.0. The number of hydrogen-bond acceptors (Lipinski definition) is 5.